The van der Waals surface area contributed by atoms with Gasteiger partial charge in [-0.3, -0.25) is 9.59 Å². The molecule has 0 saturated heterocycles. The Morgan fingerprint density at radius 3 is 2.12 bits per heavy atom. The van der Waals surface area contributed by atoms with Crippen LogP contribution in [0.5, 0.6) is 5.75 Å². The molecule has 2 aliphatic rings. The van der Waals surface area contributed by atoms with Crippen LogP contribution in [0.2, 0.25) is 0 Å². The Morgan fingerprint density at radius 2 is 1.44 bits per heavy atom. The van der Waals surface area contributed by atoms with Gasteiger partial charge in [0.25, 0.3) is 0 Å². The van der Waals surface area contributed by atoms with Crippen LogP contribution >= 0.6 is 0 Å². The van der Waals surface area contributed by atoms with Gasteiger partial charge in [0.1, 0.15) is 5.75 Å². The van der Waals surface area contributed by atoms with Gasteiger partial charge >= 0.3 is 0 Å². The second-order valence-corrected chi connectivity index (χ2v) is 7.77. The Kier molecular flexibility index (Phi) is 4.64. The zero-order chi connectivity index (χ0) is 22.3. The van der Waals surface area contributed by atoms with E-state index in [1.165, 1.54) is 18.2 Å². The minimum Gasteiger partial charge on any atom is -0.507 e. The smallest absolute Gasteiger partial charge is 0.200 e. The molecule has 4 N–H and O–H groups in total. The van der Waals surface area contributed by atoms with Crippen LogP contribution in [0.15, 0.2) is 102 Å². The molecule has 6 heteroatoms. The normalized spacial score (nSPS) is 19.7. The number of ketones is 2. The zero-order valence-corrected chi connectivity index (χ0v) is 17.0. The summed E-state index contributed by atoms with van der Waals surface area (Å²) in [6.07, 6.45) is 1.75. The van der Waals surface area contributed by atoms with Crippen molar-refractivity contribution in [2.75, 3.05) is 10.6 Å². The van der Waals surface area contributed by atoms with Crippen LogP contribution in [0.4, 0.5) is 11.4 Å². The summed E-state index contributed by atoms with van der Waals surface area (Å²) in [5.74, 6) is -1.29. The SMILES string of the molecule is O=C1C2=C(C(=O)c3c(O)cccc31)C(Nc1ccccc1)=CCC2(O)Nc1ccccc1. The number of benzene rings is 3. The van der Waals surface area contributed by atoms with Gasteiger partial charge in [-0.2, -0.15) is 0 Å². The molecule has 158 valence electrons. The summed E-state index contributed by atoms with van der Waals surface area (Å²) in [6, 6.07) is 22.6. The lowest BCUT2D eigenvalue weighted by Crippen LogP contribution is -2.48. The van der Waals surface area contributed by atoms with Gasteiger partial charge in [-0.25, -0.2) is 0 Å². The summed E-state index contributed by atoms with van der Waals surface area (Å²) in [5, 5.41) is 28.2. The van der Waals surface area contributed by atoms with E-state index in [9.17, 15) is 19.8 Å². The highest BCUT2D eigenvalue weighted by Gasteiger charge is 2.47. The molecule has 0 heterocycles. The van der Waals surface area contributed by atoms with Crippen LogP contribution < -0.4 is 10.6 Å². The Morgan fingerprint density at radius 1 is 0.781 bits per heavy atom. The number of aromatic hydroxyl groups is 1. The number of hydrogen-bond acceptors (Lipinski definition) is 6. The van der Waals surface area contributed by atoms with Crippen molar-refractivity contribution in [1.29, 1.82) is 0 Å². The van der Waals surface area contributed by atoms with E-state index >= 15 is 0 Å². The van der Waals surface area contributed by atoms with Crippen LogP contribution in [0.25, 0.3) is 0 Å². The quantitative estimate of drug-likeness (QED) is 0.467. The van der Waals surface area contributed by atoms with E-state index in [4.69, 9.17) is 0 Å². The van der Waals surface area contributed by atoms with Gasteiger partial charge in [0.05, 0.1) is 16.7 Å². The summed E-state index contributed by atoms with van der Waals surface area (Å²) in [7, 11) is 0. The minimum atomic E-state index is -1.80. The number of phenols is 1. The van der Waals surface area contributed by atoms with E-state index in [0.717, 1.165) is 5.69 Å². The number of rotatable bonds is 4. The van der Waals surface area contributed by atoms with Crippen molar-refractivity contribution in [3.05, 3.63) is 113 Å². The van der Waals surface area contributed by atoms with Crippen molar-refractivity contribution in [2.45, 2.75) is 12.1 Å². The van der Waals surface area contributed by atoms with E-state index < -0.39 is 17.3 Å². The molecule has 0 radical (unpaired) electrons. The molecule has 0 aromatic heterocycles. The van der Waals surface area contributed by atoms with E-state index in [0.29, 0.717) is 11.4 Å². The highest BCUT2D eigenvalue weighted by Crippen LogP contribution is 2.43. The number of allylic oxidation sites excluding steroid dienone is 1. The van der Waals surface area contributed by atoms with Gasteiger partial charge in [-0.15, -0.1) is 0 Å². The van der Waals surface area contributed by atoms with Crippen molar-refractivity contribution in [3.8, 4) is 5.75 Å². The molecule has 32 heavy (non-hydrogen) atoms. The van der Waals surface area contributed by atoms with Crippen LogP contribution in [-0.2, 0) is 0 Å². The van der Waals surface area contributed by atoms with Crippen molar-refractivity contribution >= 4 is 22.9 Å². The van der Waals surface area contributed by atoms with Gasteiger partial charge in [0, 0.05) is 29.1 Å². The third-order valence-electron chi connectivity index (χ3n) is 5.68. The third-order valence-corrected chi connectivity index (χ3v) is 5.68. The van der Waals surface area contributed by atoms with Crippen molar-refractivity contribution in [1.82, 2.24) is 0 Å². The lowest BCUT2D eigenvalue weighted by Gasteiger charge is -2.38. The number of fused-ring (bicyclic) bond motifs is 1. The molecule has 0 aliphatic heterocycles. The summed E-state index contributed by atoms with van der Waals surface area (Å²) >= 11 is 0. The fraction of sp³-hybridized carbons (Fsp3) is 0.0769. The Balaban J connectivity index is 1.67. The molecule has 0 bridgehead atoms. The maximum Gasteiger partial charge on any atom is 0.200 e. The van der Waals surface area contributed by atoms with Gasteiger partial charge in [-0.05, 0) is 30.3 Å². The fourth-order valence-electron chi connectivity index (χ4n) is 4.22. The predicted octanol–water partition coefficient (Wildman–Crippen LogP) is 4.27. The number of Topliss-reactive ketones (excluding diaryl/α,β-unsaturated/α-hetero) is 2. The predicted molar refractivity (Wildman–Crippen MR) is 122 cm³/mol. The van der Waals surface area contributed by atoms with Crippen LogP contribution in [-0.4, -0.2) is 27.5 Å². The molecule has 1 atom stereocenters. The lowest BCUT2D eigenvalue weighted by atomic mass is 9.74. The number of carbonyl (C=O) groups excluding carboxylic acids is 2. The highest BCUT2D eigenvalue weighted by atomic mass is 16.3. The summed E-state index contributed by atoms with van der Waals surface area (Å²) in [6.45, 7) is 0. The number of nitrogens with one attached hydrogen (secondary N) is 2. The summed E-state index contributed by atoms with van der Waals surface area (Å²) in [5.41, 5.74) is -0.0153. The molecular weight excluding hydrogens is 404 g/mol. The molecule has 0 fully saturated rings. The molecule has 5 rings (SSSR count). The average Bonchev–Trinajstić information content (AvgIpc) is 2.80. The second kappa shape index (κ2) is 7.51. The maximum atomic E-state index is 13.6. The maximum absolute atomic E-state index is 13.6. The molecule has 3 aromatic carbocycles. The minimum absolute atomic E-state index is 0.0367. The van der Waals surface area contributed by atoms with Gasteiger partial charge in [0.15, 0.2) is 17.3 Å². The molecule has 0 saturated carbocycles. The fourth-order valence-corrected chi connectivity index (χ4v) is 4.22. The first kappa shape index (κ1) is 19.8. The van der Waals surface area contributed by atoms with E-state index in [1.54, 1.807) is 18.2 Å². The topological polar surface area (TPSA) is 98.7 Å². The van der Waals surface area contributed by atoms with Crippen molar-refractivity contribution in [2.24, 2.45) is 0 Å². The number of carbonyl (C=O) groups is 2. The first-order chi connectivity index (χ1) is 15.5. The standard InChI is InChI=1S/C26H20N2O4/c29-20-13-7-12-18-21(20)25(31)22-19(27-16-8-3-1-4-9-16)14-15-26(32,23(22)24(18)30)28-17-10-5-2-6-11-17/h1-14,27-29,32H,15H2. The van der Waals surface area contributed by atoms with Crippen LogP contribution in [0.3, 0.4) is 0 Å². The van der Waals surface area contributed by atoms with Crippen molar-refractivity contribution in [3.63, 3.8) is 0 Å². The van der Waals surface area contributed by atoms with Gasteiger partial charge in [0.2, 0.25) is 0 Å². The molecule has 3 aromatic rings. The number of anilines is 2. The van der Waals surface area contributed by atoms with Crippen LogP contribution in [0.1, 0.15) is 27.1 Å². The number of hydrogen-bond donors (Lipinski definition) is 4. The number of phenolic OH excluding ortho intramolecular Hbond substituents is 1. The average molecular weight is 424 g/mol. The van der Waals surface area contributed by atoms with Gasteiger partial charge in [-0.1, -0.05) is 54.6 Å². The Labute approximate surface area is 184 Å². The third kappa shape index (κ3) is 3.18. The first-order valence-electron chi connectivity index (χ1n) is 10.2. The molecular formula is C26H20N2O4. The van der Waals surface area contributed by atoms with E-state index in [-0.39, 0.29) is 34.4 Å². The number of para-hydroxylation sites is 2. The number of aliphatic hydroxyl groups is 1. The van der Waals surface area contributed by atoms with Crippen LogP contribution in [0, 0.1) is 0 Å². The molecule has 6 nitrogen and oxygen atoms in total. The second-order valence-electron chi connectivity index (χ2n) is 7.77. The highest BCUT2D eigenvalue weighted by molar-refractivity contribution is 6.30. The lowest BCUT2D eigenvalue weighted by molar-refractivity contribution is 0.0791. The first-order valence-corrected chi connectivity index (χ1v) is 10.2. The Bertz CT molecular complexity index is 1300. The zero-order valence-electron chi connectivity index (χ0n) is 17.0. The van der Waals surface area contributed by atoms with Crippen molar-refractivity contribution < 1.29 is 19.8 Å². The molecule has 1 unspecified atom stereocenters. The summed E-state index contributed by atoms with van der Waals surface area (Å²) < 4.78 is 0. The monoisotopic (exact) mass is 424 g/mol. The Hall–Kier alpha value is -4.16. The van der Waals surface area contributed by atoms with E-state index in [1.807, 2.05) is 48.5 Å². The molecule has 0 amide bonds. The summed E-state index contributed by atoms with van der Waals surface area (Å²) in [4.78, 5) is 27.1. The van der Waals surface area contributed by atoms with Gasteiger partial charge < -0.3 is 20.8 Å². The van der Waals surface area contributed by atoms with E-state index in [2.05, 4.69) is 10.6 Å². The largest absolute Gasteiger partial charge is 0.507 e. The molecule has 2 aliphatic carbocycles. The molecule has 0 spiro atoms.